The van der Waals surface area contributed by atoms with Crippen LogP contribution in [0.25, 0.3) is 0 Å². The molecule has 0 aliphatic carbocycles. The zero-order valence-electron chi connectivity index (χ0n) is 9.87. The second-order valence-corrected chi connectivity index (χ2v) is 4.61. The van der Waals surface area contributed by atoms with Gasteiger partial charge in [0.2, 0.25) is 0 Å². The number of benzene rings is 1. The van der Waals surface area contributed by atoms with E-state index in [2.05, 4.69) is 18.1 Å². The lowest BCUT2D eigenvalue weighted by atomic mass is 9.97. The van der Waals surface area contributed by atoms with Gasteiger partial charge >= 0.3 is 5.97 Å². The molecule has 1 aromatic rings. The van der Waals surface area contributed by atoms with E-state index in [0.717, 1.165) is 12.0 Å². The van der Waals surface area contributed by atoms with Gasteiger partial charge in [-0.15, -0.1) is 0 Å². The maximum Gasteiger partial charge on any atom is 0.331 e. The Bertz CT molecular complexity index is 343. The van der Waals surface area contributed by atoms with E-state index < -0.39 is 5.97 Å². The van der Waals surface area contributed by atoms with E-state index in [1.807, 2.05) is 24.3 Å². The predicted molar refractivity (Wildman–Crippen MR) is 65.3 cm³/mol. The molecule has 3 heteroatoms. The highest BCUT2D eigenvalue weighted by Crippen LogP contribution is 2.19. The highest BCUT2D eigenvalue weighted by molar-refractivity contribution is 6.13. The number of carbonyl (C=O) groups excluding carboxylic acids is 1. The van der Waals surface area contributed by atoms with Crippen LogP contribution in [-0.2, 0) is 15.5 Å². The second-order valence-electron chi connectivity index (χ2n) is 4.46. The monoisotopic (exact) mass is 240 g/mol. The third-order valence-corrected chi connectivity index (χ3v) is 2.71. The Morgan fingerprint density at radius 3 is 2.25 bits per heavy atom. The Labute approximate surface area is 102 Å². The topological polar surface area (TPSA) is 26.3 Å². The van der Waals surface area contributed by atoms with Crippen molar-refractivity contribution >= 4 is 17.8 Å². The van der Waals surface area contributed by atoms with Crippen LogP contribution in [0.5, 0.6) is 0 Å². The predicted octanol–water partition coefficient (Wildman–Crippen LogP) is 3.69. The van der Waals surface area contributed by atoms with Crippen molar-refractivity contribution in [1.82, 2.24) is 0 Å². The minimum atomic E-state index is -0.418. The summed E-state index contributed by atoms with van der Waals surface area (Å²) in [6.45, 7) is 6.14. The van der Waals surface area contributed by atoms with E-state index in [0.29, 0.717) is 5.92 Å². The van der Waals surface area contributed by atoms with E-state index in [1.54, 1.807) is 6.92 Å². The van der Waals surface area contributed by atoms with Gasteiger partial charge in [-0.3, -0.25) is 0 Å². The highest BCUT2D eigenvalue weighted by Gasteiger charge is 2.16. The summed E-state index contributed by atoms with van der Waals surface area (Å²) in [5, 5.41) is 0. The molecule has 0 spiro atoms. The van der Waals surface area contributed by atoms with Crippen LogP contribution in [0.4, 0.5) is 0 Å². The fourth-order valence-electron chi connectivity index (χ4n) is 1.62. The molecule has 0 heterocycles. The van der Waals surface area contributed by atoms with Crippen LogP contribution in [-0.4, -0.2) is 5.97 Å². The zero-order chi connectivity index (χ0) is 12.1. The van der Waals surface area contributed by atoms with E-state index in [4.69, 9.17) is 11.9 Å². The summed E-state index contributed by atoms with van der Waals surface area (Å²) in [7, 11) is 0. The second kappa shape index (κ2) is 5.90. The molecule has 0 aromatic heterocycles. The molecule has 0 amide bonds. The standard InChI is InChI=1S/C13H17ClO2/c1-9(2)8-11-4-6-12(7-5-11)10(3)13(15)16-14/h4-7,9-10H,8H2,1-3H3. The first-order valence-corrected chi connectivity index (χ1v) is 5.76. The van der Waals surface area contributed by atoms with Crippen molar-refractivity contribution in [3.63, 3.8) is 0 Å². The highest BCUT2D eigenvalue weighted by atomic mass is 35.5. The van der Waals surface area contributed by atoms with Gasteiger partial charge in [0.15, 0.2) is 0 Å². The number of hydrogen-bond donors (Lipinski definition) is 0. The number of hydrogen-bond acceptors (Lipinski definition) is 2. The Balaban J connectivity index is 2.74. The molecule has 1 aromatic carbocycles. The Morgan fingerprint density at radius 2 is 1.81 bits per heavy atom. The lowest BCUT2D eigenvalue weighted by molar-refractivity contribution is -0.135. The Hall–Kier alpha value is -1.02. The largest absolute Gasteiger partial charge is 0.347 e. The summed E-state index contributed by atoms with van der Waals surface area (Å²) in [5.41, 5.74) is 2.21. The van der Waals surface area contributed by atoms with E-state index in [9.17, 15) is 4.79 Å². The van der Waals surface area contributed by atoms with Crippen molar-refractivity contribution in [3.05, 3.63) is 35.4 Å². The molecule has 16 heavy (non-hydrogen) atoms. The smallest absolute Gasteiger partial charge is 0.331 e. The van der Waals surface area contributed by atoms with E-state index >= 15 is 0 Å². The molecule has 1 atom stereocenters. The molecule has 0 bridgehead atoms. The molecule has 0 aliphatic rings. The molecular weight excluding hydrogens is 224 g/mol. The molecule has 0 aliphatic heterocycles. The lowest BCUT2D eigenvalue weighted by Gasteiger charge is -2.10. The van der Waals surface area contributed by atoms with Gasteiger partial charge in [-0.25, -0.2) is 4.79 Å². The summed E-state index contributed by atoms with van der Waals surface area (Å²) in [6, 6.07) is 8.01. The number of carbonyl (C=O) groups is 1. The fraction of sp³-hybridized carbons (Fsp3) is 0.462. The van der Waals surface area contributed by atoms with Crippen molar-refractivity contribution in [3.8, 4) is 0 Å². The quantitative estimate of drug-likeness (QED) is 0.803. The van der Waals surface area contributed by atoms with E-state index in [1.165, 1.54) is 5.56 Å². The van der Waals surface area contributed by atoms with Gasteiger partial charge in [0.25, 0.3) is 0 Å². The van der Waals surface area contributed by atoms with E-state index in [-0.39, 0.29) is 5.92 Å². The van der Waals surface area contributed by atoms with Crippen LogP contribution in [0.1, 0.15) is 37.8 Å². The molecular formula is C13H17ClO2. The Kier molecular flexibility index (Phi) is 4.81. The van der Waals surface area contributed by atoms with Crippen LogP contribution in [0.3, 0.4) is 0 Å². The molecule has 2 nitrogen and oxygen atoms in total. The van der Waals surface area contributed by atoms with Crippen molar-refractivity contribution in [2.75, 3.05) is 0 Å². The maximum absolute atomic E-state index is 11.2. The molecule has 0 saturated carbocycles. The van der Waals surface area contributed by atoms with Gasteiger partial charge in [0.1, 0.15) is 11.9 Å². The van der Waals surface area contributed by atoms with Gasteiger partial charge < -0.3 is 4.29 Å². The average Bonchev–Trinajstić information content (AvgIpc) is 2.27. The van der Waals surface area contributed by atoms with Gasteiger partial charge in [-0.1, -0.05) is 38.1 Å². The third kappa shape index (κ3) is 3.53. The molecule has 1 rings (SSSR count). The third-order valence-electron chi connectivity index (χ3n) is 2.55. The van der Waals surface area contributed by atoms with Crippen LogP contribution in [0, 0.1) is 5.92 Å². The maximum atomic E-state index is 11.2. The SMILES string of the molecule is CC(C)Cc1ccc(C(C)C(=O)OCl)cc1. The molecule has 88 valence electrons. The van der Waals surface area contributed by atoms with Gasteiger partial charge in [0, 0.05) is 0 Å². The number of halogens is 1. The fourth-order valence-corrected chi connectivity index (χ4v) is 1.75. The minimum Gasteiger partial charge on any atom is -0.347 e. The summed E-state index contributed by atoms with van der Waals surface area (Å²) in [4.78, 5) is 11.2. The minimum absolute atomic E-state index is 0.314. The lowest BCUT2D eigenvalue weighted by Crippen LogP contribution is -2.08. The molecule has 0 fully saturated rings. The summed E-state index contributed by atoms with van der Waals surface area (Å²) in [6.07, 6.45) is 1.05. The van der Waals surface area contributed by atoms with Crippen molar-refractivity contribution < 1.29 is 9.08 Å². The summed E-state index contributed by atoms with van der Waals surface area (Å²) < 4.78 is 4.19. The first-order valence-electron chi connectivity index (χ1n) is 5.46. The molecule has 0 saturated heterocycles. The normalized spacial score (nSPS) is 12.6. The zero-order valence-corrected chi connectivity index (χ0v) is 10.6. The van der Waals surface area contributed by atoms with Crippen LogP contribution >= 0.6 is 11.9 Å². The Morgan fingerprint density at radius 1 is 1.25 bits per heavy atom. The summed E-state index contributed by atoms with van der Waals surface area (Å²) in [5.74, 6) is -0.0973. The first kappa shape index (κ1) is 13.0. The molecule has 0 radical (unpaired) electrons. The molecule has 0 N–H and O–H groups in total. The average molecular weight is 241 g/mol. The summed E-state index contributed by atoms with van der Waals surface area (Å²) >= 11 is 5.05. The van der Waals surface area contributed by atoms with Crippen molar-refractivity contribution in [2.45, 2.75) is 33.1 Å². The van der Waals surface area contributed by atoms with Crippen molar-refractivity contribution in [1.29, 1.82) is 0 Å². The first-order chi connectivity index (χ1) is 7.54. The van der Waals surface area contributed by atoms with Gasteiger partial charge in [-0.2, -0.15) is 0 Å². The molecule has 1 unspecified atom stereocenters. The van der Waals surface area contributed by atoms with Crippen molar-refractivity contribution in [2.24, 2.45) is 5.92 Å². The van der Waals surface area contributed by atoms with Crippen LogP contribution in [0.15, 0.2) is 24.3 Å². The van der Waals surface area contributed by atoms with Crippen LogP contribution < -0.4 is 0 Å². The number of rotatable bonds is 4. The van der Waals surface area contributed by atoms with Gasteiger partial charge in [0.05, 0.1) is 5.92 Å². The van der Waals surface area contributed by atoms with Crippen LogP contribution in [0.2, 0.25) is 0 Å². The van der Waals surface area contributed by atoms with Gasteiger partial charge in [-0.05, 0) is 30.4 Å².